The molecule has 21 heavy (non-hydrogen) atoms. The number of hydrogen-bond acceptors (Lipinski definition) is 4. The second-order valence-electron chi connectivity index (χ2n) is 5.44. The number of rotatable bonds is 4. The number of nitrogens with two attached hydrogens (primary N) is 1. The average Bonchev–Trinajstić information content (AvgIpc) is 2.50. The first-order chi connectivity index (χ1) is 9.88. The van der Waals surface area contributed by atoms with Gasteiger partial charge in [0, 0.05) is 6.04 Å². The monoisotopic (exact) mass is 311 g/mol. The Morgan fingerprint density at radius 3 is 2.38 bits per heavy atom. The van der Waals surface area contributed by atoms with Crippen LogP contribution in [0.15, 0.2) is 29.2 Å². The molecule has 0 amide bonds. The Morgan fingerprint density at radius 2 is 1.90 bits per heavy atom. The molecule has 0 bridgehead atoms. The fourth-order valence-corrected chi connectivity index (χ4v) is 3.71. The van der Waals surface area contributed by atoms with Crippen LogP contribution in [0.2, 0.25) is 0 Å². The lowest BCUT2D eigenvalue weighted by atomic mass is 9.82. The molecule has 3 N–H and O–H groups in total. The first kappa shape index (κ1) is 15.9. The Morgan fingerprint density at radius 1 is 1.33 bits per heavy atom. The van der Waals surface area contributed by atoms with Gasteiger partial charge in [0.05, 0.1) is 11.0 Å². The fourth-order valence-electron chi connectivity index (χ4n) is 2.41. The number of benzene rings is 1. The van der Waals surface area contributed by atoms with Crippen LogP contribution in [0.3, 0.4) is 0 Å². The van der Waals surface area contributed by atoms with E-state index in [1.807, 2.05) is 0 Å². The second-order valence-corrected chi connectivity index (χ2v) is 7.16. The summed E-state index contributed by atoms with van der Waals surface area (Å²) in [6.45, 7) is -0.622. The summed E-state index contributed by atoms with van der Waals surface area (Å²) in [7, 11) is -3.63. The van der Waals surface area contributed by atoms with E-state index in [-0.39, 0.29) is 10.9 Å². The van der Waals surface area contributed by atoms with Crippen LogP contribution < -0.4 is 10.5 Å². The lowest BCUT2D eigenvalue weighted by Gasteiger charge is -2.31. The van der Waals surface area contributed by atoms with Crippen LogP contribution in [0.25, 0.3) is 0 Å². The SMILES string of the molecule is N#CC1(N)CCC(NS(=O)(=O)c2ccc(CF)cc2)CC1. The molecule has 114 valence electrons. The summed E-state index contributed by atoms with van der Waals surface area (Å²) in [6.07, 6.45) is 2.01. The Balaban J connectivity index is 2.03. The number of alkyl halides is 1. The van der Waals surface area contributed by atoms with E-state index in [9.17, 15) is 12.8 Å². The zero-order valence-corrected chi connectivity index (χ0v) is 12.4. The Bertz CT molecular complexity index is 629. The Kier molecular flexibility index (Phi) is 4.61. The summed E-state index contributed by atoms with van der Waals surface area (Å²) >= 11 is 0. The van der Waals surface area contributed by atoms with Gasteiger partial charge >= 0.3 is 0 Å². The largest absolute Gasteiger partial charge is 0.313 e. The molecule has 1 aromatic carbocycles. The van der Waals surface area contributed by atoms with Gasteiger partial charge in [0.1, 0.15) is 12.2 Å². The molecule has 1 aliphatic rings. The van der Waals surface area contributed by atoms with Gasteiger partial charge in [-0.25, -0.2) is 17.5 Å². The van der Waals surface area contributed by atoms with Crippen molar-refractivity contribution in [3.05, 3.63) is 29.8 Å². The van der Waals surface area contributed by atoms with Gasteiger partial charge in [0.25, 0.3) is 0 Å². The molecule has 1 aromatic rings. The summed E-state index contributed by atoms with van der Waals surface area (Å²) in [6, 6.07) is 7.54. The molecule has 0 atom stereocenters. The van der Waals surface area contributed by atoms with E-state index in [0.29, 0.717) is 31.2 Å². The lowest BCUT2D eigenvalue weighted by molar-refractivity contribution is 0.320. The number of nitrogens with one attached hydrogen (secondary N) is 1. The van der Waals surface area contributed by atoms with Crippen LogP contribution in [-0.4, -0.2) is 20.0 Å². The predicted molar refractivity (Wildman–Crippen MR) is 76.4 cm³/mol. The summed E-state index contributed by atoms with van der Waals surface area (Å²) in [5.41, 5.74) is 5.45. The first-order valence-electron chi connectivity index (χ1n) is 6.76. The van der Waals surface area contributed by atoms with Crippen molar-refractivity contribution in [2.45, 2.75) is 48.8 Å². The highest BCUT2D eigenvalue weighted by Gasteiger charge is 2.33. The van der Waals surface area contributed by atoms with Crippen LogP contribution in [-0.2, 0) is 16.7 Å². The molecule has 0 radical (unpaired) electrons. The molecule has 0 unspecified atom stereocenters. The molecule has 2 rings (SSSR count). The third-order valence-electron chi connectivity index (χ3n) is 3.81. The van der Waals surface area contributed by atoms with E-state index in [2.05, 4.69) is 10.8 Å². The highest BCUT2D eigenvalue weighted by atomic mass is 32.2. The molecule has 5 nitrogen and oxygen atoms in total. The molecule has 7 heteroatoms. The second kappa shape index (κ2) is 6.10. The van der Waals surface area contributed by atoms with Gasteiger partial charge in [-0.3, -0.25) is 0 Å². The van der Waals surface area contributed by atoms with E-state index < -0.39 is 22.2 Å². The zero-order valence-electron chi connectivity index (χ0n) is 11.5. The fraction of sp³-hybridized carbons (Fsp3) is 0.500. The predicted octanol–water partition coefficient (Wildman–Crippen LogP) is 1.60. The number of nitriles is 1. The van der Waals surface area contributed by atoms with Crippen molar-refractivity contribution in [1.82, 2.24) is 4.72 Å². The lowest BCUT2D eigenvalue weighted by Crippen LogP contribution is -2.47. The van der Waals surface area contributed by atoms with Crippen LogP contribution in [0, 0.1) is 11.3 Å². The minimum atomic E-state index is -3.63. The maximum absolute atomic E-state index is 12.4. The maximum Gasteiger partial charge on any atom is 0.240 e. The maximum atomic E-state index is 12.4. The Labute approximate surface area is 124 Å². The molecule has 1 aliphatic carbocycles. The van der Waals surface area contributed by atoms with E-state index in [4.69, 9.17) is 11.0 Å². The zero-order chi connectivity index (χ0) is 15.5. The van der Waals surface area contributed by atoms with E-state index >= 15 is 0 Å². The molecule has 0 spiro atoms. The summed E-state index contributed by atoms with van der Waals surface area (Å²) in [5, 5.41) is 8.95. The third-order valence-corrected chi connectivity index (χ3v) is 5.35. The number of nitrogens with zero attached hydrogens (tertiary/aromatic N) is 1. The van der Waals surface area contributed by atoms with Crippen LogP contribution in [0.1, 0.15) is 31.2 Å². The van der Waals surface area contributed by atoms with Crippen LogP contribution >= 0.6 is 0 Å². The van der Waals surface area contributed by atoms with Crippen molar-refractivity contribution in [2.75, 3.05) is 0 Å². The van der Waals surface area contributed by atoms with Crippen LogP contribution in [0.5, 0.6) is 0 Å². The van der Waals surface area contributed by atoms with Gasteiger partial charge in [0.2, 0.25) is 10.0 Å². The topological polar surface area (TPSA) is 96.0 Å². The van der Waals surface area contributed by atoms with Crippen molar-refractivity contribution in [3.63, 3.8) is 0 Å². The number of hydrogen-bond donors (Lipinski definition) is 2. The molecular weight excluding hydrogens is 293 g/mol. The van der Waals surface area contributed by atoms with Crippen molar-refractivity contribution in [3.8, 4) is 6.07 Å². The van der Waals surface area contributed by atoms with Gasteiger partial charge in [-0.1, -0.05) is 12.1 Å². The molecule has 1 fully saturated rings. The van der Waals surface area contributed by atoms with Crippen LogP contribution in [0.4, 0.5) is 4.39 Å². The van der Waals surface area contributed by atoms with E-state index in [0.717, 1.165) is 0 Å². The van der Waals surface area contributed by atoms with Crippen molar-refractivity contribution in [2.24, 2.45) is 5.73 Å². The van der Waals surface area contributed by atoms with Crippen molar-refractivity contribution >= 4 is 10.0 Å². The molecule has 0 aliphatic heterocycles. The molecule has 0 aromatic heterocycles. The minimum absolute atomic E-state index is 0.115. The quantitative estimate of drug-likeness (QED) is 0.882. The smallest absolute Gasteiger partial charge is 0.240 e. The highest BCUT2D eigenvalue weighted by molar-refractivity contribution is 7.89. The molecule has 0 heterocycles. The molecule has 0 saturated heterocycles. The first-order valence-corrected chi connectivity index (χ1v) is 8.24. The van der Waals surface area contributed by atoms with Gasteiger partial charge in [0.15, 0.2) is 0 Å². The average molecular weight is 311 g/mol. The van der Waals surface area contributed by atoms with E-state index in [1.54, 1.807) is 0 Å². The summed E-state index contributed by atoms with van der Waals surface area (Å²) in [4.78, 5) is 0.115. The van der Waals surface area contributed by atoms with Gasteiger partial charge < -0.3 is 5.73 Å². The molecule has 1 saturated carbocycles. The van der Waals surface area contributed by atoms with Crippen molar-refractivity contribution < 1.29 is 12.8 Å². The Hall–Kier alpha value is -1.49. The normalized spacial score (nSPS) is 26.2. The number of sulfonamides is 1. The van der Waals surface area contributed by atoms with Crippen molar-refractivity contribution in [1.29, 1.82) is 5.26 Å². The minimum Gasteiger partial charge on any atom is -0.313 e. The third kappa shape index (κ3) is 3.79. The van der Waals surface area contributed by atoms with Gasteiger partial charge in [-0.2, -0.15) is 5.26 Å². The van der Waals surface area contributed by atoms with Gasteiger partial charge in [-0.05, 0) is 43.4 Å². The van der Waals surface area contributed by atoms with E-state index in [1.165, 1.54) is 24.3 Å². The number of halogens is 1. The standard InChI is InChI=1S/C14H18FN3O2S/c15-9-11-1-3-13(4-2-11)21(19,20)18-12-5-7-14(17,10-16)8-6-12/h1-4,12,18H,5-9,17H2. The molecular formula is C14H18FN3O2S. The highest BCUT2D eigenvalue weighted by Crippen LogP contribution is 2.26. The van der Waals surface area contributed by atoms with Gasteiger partial charge in [-0.15, -0.1) is 0 Å². The summed E-state index contributed by atoms with van der Waals surface area (Å²) in [5.74, 6) is 0. The summed E-state index contributed by atoms with van der Waals surface area (Å²) < 4.78 is 39.5.